The first-order chi connectivity index (χ1) is 12.1. The van der Waals surface area contributed by atoms with E-state index in [-0.39, 0.29) is 24.0 Å². The van der Waals surface area contributed by atoms with E-state index in [1.54, 1.807) is 11.3 Å². The van der Waals surface area contributed by atoms with E-state index >= 15 is 0 Å². The van der Waals surface area contributed by atoms with E-state index in [9.17, 15) is 0 Å². The Balaban J connectivity index is 0.00000243. The Morgan fingerprint density at radius 1 is 1.27 bits per heavy atom. The van der Waals surface area contributed by atoms with E-state index in [0.717, 1.165) is 29.8 Å². The summed E-state index contributed by atoms with van der Waals surface area (Å²) in [6, 6.07) is 10.4. The molecule has 1 aromatic heterocycles. The van der Waals surface area contributed by atoms with Gasteiger partial charge in [0, 0.05) is 28.8 Å². The van der Waals surface area contributed by atoms with Crippen molar-refractivity contribution in [2.75, 3.05) is 19.3 Å². The summed E-state index contributed by atoms with van der Waals surface area (Å²) in [5.74, 6) is 2.13. The van der Waals surface area contributed by atoms with Crippen molar-refractivity contribution in [3.8, 4) is 10.6 Å². The molecule has 2 aromatic rings. The lowest BCUT2D eigenvalue weighted by Crippen LogP contribution is -2.43. The fourth-order valence-electron chi connectivity index (χ4n) is 2.93. The lowest BCUT2D eigenvalue weighted by atomic mass is 10.1. The Morgan fingerprint density at radius 3 is 2.69 bits per heavy atom. The fourth-order valence-corrected chi connectivity index (χ4v) is 5.18. The number of thioether (sulfide) groups is 1. The second kappa shape index (κ2) is 9.94. The van der Waals surface area contributed by atoms with Crippen LogP contribution in [0.15, 0.2) is 35.3 Å². The lowest BCUT2D eigenvalue weighted by Gasteiger charge is -2.24. The third-order valence-corrected chi connectivity index (χ3v) is 7.23. The molecule has 1 saturated heterocycles. The minimum absolute atomic E-state index is 0. The normalized spacial score (nSPS) is 19.9. The van der Waals surface area contributed by atoms with Crippen LogP contribution in [0.5, 0.6) is 0 Å². The molecule has 1 unspecified atom stereocenters. The number of nitrogens with zero attached hydrogens (tertiary/aromatic N) is 2. The molecule has 0 aliphatic carbocycles. The molecule has 0 spiro atoms. The molecule has 1 aliphatic rings. The molecule has 1 aromatic carbocycles. The first-order valence-corrected chi connectivity index (χ1v) is 10.5. The minimum Gasteiger partial charge on any atom is -0.355 e. The van der Waals surface area contributed by atoms with Crippen LogP contribution in [0.1, 0.15) is 30.3 Å². The highest BCUT2D eigenvalue weighted by Gasteiger charge is 2.29. The van der Waals surface area contributed by atoms with Crippen LogP contribution in [0.25, 0.3) is 10.6 Å². The van der Waals surface area contributed by atoms with Gasteiger partial charge in [0.25, 0.3) is 0 Å². The van der Waals surface area contributed by atoms with Gasteiger partial charge in [0.2, 0.25) is 0 Å². The number of nitrogens with one attached hydrogen (secondary N) is 2. The van der Waals surface area contributed by atoms with Gasteiger partial charge < -0.3 is 10.6 Å². The summed E-state index contributed by atoms with van der Waals surface area (Å²) in [4.78, 5) is 10.3. The number of aliphatic imine (C=N–C) groups is 1. The van der Waals surface area contributed by atoms with E-state index in [0.29, 0.717) is 4.75 Å². The van der Waals surface area contributed by atoms with Gasteiger partial charge in [-0.05, 0) is 32.4 Å². The quantitative estimate of drug-likeness (QED) is 0.354. The Labute approximate surface area is 181 Å². The molecule has 0 radical (unpaired) electrons. The highest BCUT2D eigenvalue weighted by atomic mass is 127. The topological polar surface area (TPSA) is 49.3 Å². The summed E-state index contributed by atoms with van der Waals surface area (Å²) < 4.78 is 0.332. The Hall–Kier alpha value is -0.800. The zero-order chi connectivity index (χ0) is 17.7. The van der Waals surface area contributed by atoms with Crippen molar-refractivity contribution in [3.63, 3.8) is 0 Å². The molecule has 2 heterocycles. The van der Waals surface area contributed by atoms with Gasteiger partial charge in [0.15, 0.2) is 5.96 Å². The van der Waals surface area contributed by atoms with E-state index in [1.165, 1.54) is 29.0 Å². The van der Waals surface area contributed by atoms with Crippen LogP contribution in [-0.2, 0) is 6.54 Å². The molecular formula is C19H27IN4S2. The number of benzene rings is 1. The van der Waals surface area contributed by atoms with E-state index < -0.39 is 0 Å². The zero-order valence-corrected chi connectivity index (χ0v) is 19.5. The van der Waals surface area contributed by atoms with E-state index in [4.69, 9.17) is 4.98 Å². The third kappa shape index (κ3) is 5.60. The molecule has 3 rings (SSSR count). The van der Waals surface area contributed by atoms with Crippen molar-refractivity contribution in [3.05, 3.63) is 40.9 Å². The Kier molecular flexibility index (Phi) is 8.22. The van der Waals surface area contributed by atoms with Crippen molar-refractivity contribution >= 4 is 53.0 Å². The van der Waals surface area contributed by atoms with Gasteiger partial charge >= 0.3 is 0 Å². The number of hydrogen-bond acceptors (Lipinski definition) is 4. The number of thiazole rings is 1. The van der Waals surface area contributed by atoms with Crippen LogP contribution >= 0.6 is 47.1 Å². The first-order valence-electron chi connectivity index (χ1n) is 8.70. The van der Waals surface area contributed by atoms with E-state index in [1.807, 2.05) is 13.1 Å². The maximum Gasteiger partial charge on any atom is 0.191 e. The average Bonchev–Trinajstić information content (AvgIpc) is 3.22. The minimum atomic E-state index is 0. The van der Waals surface area contributed by atoms with Gasteiger partial charge in [-0.15, -0.1) is 35.3 Å². The number of halogens is 1. The van der Waals surface area contributed by atoms with Gasteiger partial charge in [0.1, 0.15) is 5.01 Å². The zero-order valence-electron chi connectivity index (χ0n) is 15.5. The van der Waals surface area contributed by atoms with Gasteiger partial charge in [-0.3, -0.25) is 4.99 Å². The summed E-state index contributed by atoms with van der Waals surface area (Å²) >= 11 is 3.81. The second-order valence-corrected chi connectivity index (χ2v) is 9.34. The fraction of sp³-hybridized carbons (Fsp3) is 0.474. The molecular weight excluding hydrogens is 475 g/mol. The van der Waals surface area contributed by atoms with Crippen molar-refractivity contribution in [1.82, 2.24) is 15.6 Å². The van der Waals surface area contributed by atoms with Crippen LogP contribution in [-0.4, -0.2) is 35.0 Å². The largest absolute Gasteiger partial charge is 0.355 e. The van der Waals surface area contributed by atoms with Crippen molar-refractivity contribution in [2.45, 2.75) is 38.0 Å². The average molecular weight is 502 g/mol. The maximum atomic E-state index is 4.72. The molecule has 1 atom stereocenters. The van der Waals surface area contributed by atoms with Gasteiger partial charge in [-0.1, -0.05) is 30.3 Å². The lowest BCUT2D eigenvalue weighted by molar-refractivity contribution is 0.584. The maximum absolute atomic E-state index is 4.72. The van der Waals surface area contributed by atoms with Gasteiger partial charge in [-0.2, -0.15) is 11.8 Å². The van der Waals surface area contributed by atoms with Crippen LogP contribution in [0.2, 0.25) is 0 Å². The van der Waals surface area contributed by atoms with Crippen molar-refractivity contribution in [2.24, 2.45) is 4.99 Å². The first kappa shape index (κ1) is 21.5. The predicted octanol–water partition coefficient (Wildman–Crippen LogP) is 4.69. The highest BCUT2D eigenvalue weighted by molar-refractivity contribution is 14.0. The molecule has 1 aliphatic heterocycles. The summed E-state index contributed by atoms with van der Waals surface area (Å²) in [5.41, 5.74) is 2.26. The molecule has 7 heteroatoms. The summed E-state index contributed by atoms with van der Waals surface area (Å²) in [6.07, 6.45) is 2.59. The monoisotopic (exact) mass is 502 g/mol. The number of guanidine groups is 1. The summed E-state index contributed by atoms with van der Waals surface area (Å²) in [7, 11) is 1.83. The molecule has 142 valence electrons. The van der Waals surface area contributed by atoms with Crippen LogP contribution in [0, 0.1) is 6.92 Å². The van der Waals surface area contributed by atoms with Crippen molar-refractivity contribution in [1.29, 1.82) is 0 Å². The Bertz CT molecular complexity index is 724. The van der Waals surface area contributed by atoms with Gasteiger partial charge in [0.05, 0.1) is 12.2 Å². The smallest absolute Gasteiger partial charge is 0.191 e. The molecule has 4 nitrogen and oxygen atoms in total. The van der Waals surface area contributed by atoms with Gasteiger partial charge in [-0.25, -0.2) is 4.98 Å². The standard InChI is InChI=1S/C19H26N4S2.HI/c1-14-16(25-17(23-14)15-8-5-4-6-9-15)12-21-18(20-3)22-13-19(2)10-7-11-24-19;/h4-6,8-9H,7,10-13H2,1-3H3,(H2,20,21,22);1H. The second-order valence-electron chi connectivity index (χ2n) is 6.57. The summed E-state index contributed by atoms with van der Waals surface area (Å²) in [6.45, 7) is 6.12. The Morgan fingerprint density at radius 2 is 2.04 bits per heavy atom. The molecule has 0 bridgehead atoms. The number of aryl methyl sites for hydroxylation is 1. The number of aromatic nitrogens is 1. The van der Waals surface area contributed by atoms with Crippen LogP contribution in [0.4, 0.5) is 0 Å². The SMILES string of the molecule is CN=C(NCc1sc(-c2ccccc2)nc1C)NCC1(C)CCCS1.I. The highest BCUT2D eigenvalue weighted by Crippen LogP contribution is 2.36. The molecule has 0 saturated carbocycles. The summed E-state index contributed by atoms with van der Waals surface area (Å²) in [5, 5.41) is 7.99. The molecule has 2 N–H and O–H groups in total. The molecule has 1 fully saturated rings. The number of hydrogen-bond donors (Lipinski definition) is 2. The van der Waals surface area contributed by atoms with Crippen LogP contribution < -0.4 is 10.6 Å². The van der Waals surface area contributed by atoms with Crippen LogP contribution in [0.3, 0.4) is 0 Å². The third-order valence-electron chi connectivity index (χ3n) is 4.48. The molecule has 0 amide bonds. The number of rotatable bonds is 5. The molecule has 26 heavy (non-hydrogen) atoms. The van der Waals surface area contributed by atoms with Crippen molar-refractivity contribution < 1.29 is 0 Å². The predicted molar refractivity (Wildman–Crippen MR) is 126 cm³/mol. The van der Waals surface area contributed by atoms with E-state index in [2.05, 4.69) is 65.5 Å².